The first kappa shape index (κ1) is 18.7. The summed E-state index contributed by atoms with van der Waals surface area (Å²) in [5.74, 6) is 1.25. The summed E-state index contributed by atoms with van der Waals surface area (Å²) in [7, 11) is 3.16. The maximum Gasteiger partial charge on any atom is 0.190 e. The molecule has 8 nitrogen and oxygen atoms in total. The van der Waals surface area contributed by atoms with Gasteiger partial charge < -0.3 is 20.9 Å². The van der Waals surface area contributed by atoms with Crippen molar-refractivity contribution in [3.63, 3.8) is 0 Å². The summed E-state index contributed by atoms with van der Waals surface area (Å²) in [4.78, 5) is 0. The molecule has 0 saturated carbocycles. The maximum absolute atomic E-state index is 5.74. The Labute approximate surface area is 151 Å². The van der Waals surface area contributed by atoms with Crippen LogP contribution in [0.1, 0.15) is 11.1 Å². The van der Waals surface area contributed by atoms with Gasteiger partial charge in [-0.25, -0.2) is 0 Å². The fourth-order valence-electron chi connectivity index (χ4n) is 1.96. The van der Waals surface area contributed by atoms with Gasteiger partial charge in [0, 0.05) is 11.1 Å². The van der Waals surface area contributed by atoms with Gasteiger partial charge in [-0.2, -0.15) is 10.2 Å². The number of methoxy groups -OCH3 is 2. The van der Waals surface area contributed by atoms with Crippen LogP contribution in [0, 0.1) is 0 Å². The third-order valence-electron chi connectivity index (χ3n) is 3.26. The van der Waals surface area contributed by atoms with Crippen LogP contribution in [0.25, 0.3) is 0 Å². The molecule has 2 aromatic rings. The Morgan fingerprint density at radius 1 is 0.731 bits per heavy atom. The molecule has 2 rings (SSSR count). The van der Waals surface area contributed by atoms with Crippen molar-refractivity contribution < 1.29 is 9.47 Å². The summed E-state index contributed by atoms with van der Waals surface area (Å²) in [5.41, 5.74) is 13.0. The van der Waals surface area contributed by atoms with Crippen LogP contribution in [0.4, 0.5) is 0 Å². The van der Waals surface area contributed by atoms with Crippen molar-refractivity contribution in [1.82, 2.24) is 0 Å². The van der Waals surface area contributed by atoms with Crippen LogP contribution in [0.3, 0.4) is 0 Å². The van der Waals surface area contributed by atoms with Gasteiger partial charge in [0.25, 0.3) is 0 Å². The highest BCUT2D eigenvalue weighted by molar-refractivity contribution is 6.39. The molecule has 0 unspecified atom stereocenters. The van der Waals surface area contributed by atoms with Crippen molar-refractivity contribution in [3.05, 3.63) is 59.7 Å². The van der Waals surface area contributed by atoms with Gasteiger partial charge in [0.2, 0.25) is 0 Å². The van der Waals surface area contributed by atoms with E-state index in [0.717, 1.165) is 11.1 Å². The summed E-state index contributed by atoms with van der Waals surface area (Å²) in [6.07, 6.45) is 3.02. The first-order valence-electron chi connectivity index (χ1n) is 7.65. The van der Waals surface area contributed by atoms with E-state index in [4.69, 9.17) is 20.9 Å². The Balaban J connectivity index is 2.07. The molecule has 0 heterocycles. The first-order chi connectivity index (χ1) is 12.7. The number of nitrogens with two attached hydrogens (primary N) is 2. The topological polar surface area (TPSA) is 120 Å². The maximum atomic E-state index is 5.74. The van der Waals surface area contributed by atoms with Crippen LogP contribution in [0.5, 0.6) is 11.5 Å². The van der Waals surface area contributed by atoms with Gasteiger partial charge in [0.1, 0.15) is 11.5 Å². The van der Waals surface area contributed by atoms with E-state index in [2.05, 4.69) is 20.4 Å². The molecule has 26 heavy (non-hydrogen) atoms. The van der Waals surface area contributed by atoms with E-state index in [1.165, 1.54) is 12.4 Å². The lowest BCUT2D eigenvalue weighted by atomic mass is 10.2. The summed E-state index contributed by atoms with van der Waals surface area (Å²) in [6.45, 7) is 0. The Morgan fingerprint density at radius 3 is 1.50 bits per heavy atom. The van der Waals surface area contributed by atoms with Crippen molar-refractivity contribution >= 4 is 24.1 Å². The predicted molar refractivity (Wildman–Crippen MR) is 104 cm³/mol. The van der Waals surface area contributed by atoms with E-state index in [1.54, 1.807) is 14.2 Å². The molecule has 0 saturated heterocycles. The molecule has 0 aliphatic heterocycles. The minimum absolute atomic E-state index is 0.0478. The number of benzene rings is 2. The van der Waals surface area contributed by atoms with Crippen molar-refractivity contribution in [2.45, 2.75) is 0 Å². The van der Waals surface area contributed by atoms with E-state index in [-0.39, 0.29) is 11.7 Å². The molecule has 0 aliphatic rings. The second-order valence-electron chi connectivity index (χ2n) is 4.94. The van der Waals surface area contributed by atoms with Gasteiger partial charge >= 0.3 is 0 Å². The van der Waals surface area contributed by atoms with Gasteiger partial charge in [-0.1, -0.05) is 24.3 Å². The number of amidine groups is 2. The van der Waals surface area contributed by atoms with Gasteiger partial charge in [-0.05, 0) is 24.3 Å². The molecule has 8 heteroatoms. The number of hydrogen-bond acceptors (Lipinski definition) is 6. The fraction of sp³-hybridized carbons (Fsp3) is 0.111. The second kappa shape index (κ2) is 9.58. The Kier molecular flexibility index (Phi) is 6.87. The SMILES string of the molecule is COc1ccccc1C=N\N=C(N)/C(N)=N/N=C\c1ccccc1OC. The number of hydrogen-bond donors (Lipinski definition) is 2. The van der Waals surface area contributed by atoms with Crippen LogP contribution >= 0.6 is 0 Å². The minimum atomic E-state index is -0.0478. The molecule has 0 aromatic heterocycles. The fourth-order valence-corrected chi connectivity index (χ4v) is 1.96. The van der Waals surface area contributed by atoms with Gasteiger partial charge in [-0.15, -0.1) is 10.2 Å². The summed E-state index contributed by atoms with van der Waals surface area (Å²) in [5, 5.41) is 15.4. The molecule has 0 atom stereocenters. The van der Waals surface area contributed by atoms with E-state index in [0.29, 0.717) is 11.5 Å². The zero-order valence-electron chi connectivity index (χ0n) is 14.5. The first-order valence-corrected chi connectivity index (χ1v) is 7.65. The second-order valence-corrected chi connectivity index (χ2v) is 4.94. The molecule has 0 fully saturated rings. The predicted octanol–water partition coefficient (Wildman–Crippen LogP) is 1.79. The highest BCUT2D eigenvalue weighted by atomic mass is 16.5. The van der Waals surface area contributed by atoms with E-state index in [9.17, 15) is 0 Å². The molecule has 0 radical (unpaired) electrons. The molecule has 2 aromatic carbocycles. The average molecular weight is 352 g/mol. The number of rotatable bonds is 6. The normalized spacial score (nSPS) is 12.7. The number of para-hydroxylation sites is 2. The Hall–Kier alpha value is -3.68. The van der Waals surface area contributed by atoms with Crippen molar-refractivity contribution in [2.24, 2.45) is 31.9 Å². The highest BCUT2D eigenvalue weighted by Crippen LogP contribution is 2.15. The van der Waals surface area contributed by atoms with Crippen LogP contribution in [0.15, 0.2) is 68.9 Å². The lowest BCUT2D eigenvalue weighted by Gasteiger charge is -2.02. The smallest absolute Gasteiger partial charge is 0.190 e. The average Bonchev–Trinajstić information content (AvgIpc) is 2.68. The van der Waals surface area contributed by atoms with E-state index < -0.39 is 0 Å². The zero-order chi connectivity index (χ0) is 18.8. The van der Waals surface area contributed by atoms with Crippen LogP contribution in [-0.4, -0.2) is 38.3 Å². The standard InChI is InChI=1S/C18H20N6O2/c1-25-15-9-5-3-7-13(15)11-21-23-17(19)18(20)24-22-12-14-8-4-6-10-16(14)26-2/h3-12H,1-2H3,(H2,19,23)(H2,20,24)/b21-11-,22-12?. The molecule has 0 bridgehead atoms. The summed E-state index contributed by atoms with van der Waals surface area (Å²) < 4.78 is 10.4. The Morgan fingerprint density at radius 2 is 1.12 bits per heavy atom. The molecule has 134 valence electrons. The van der Waals surface area contributed by atoms with E-state index in [1.807, 2.05) is 48.5 Å². The highest BCUT2D eigenvalue weighted by Gasteiger charge is 2.00. The molecule has 4 N–H and O–H groups in total. The molecule has 0 amide bonds. The lowest BCUT2D eigenvalue weighted by Crippen LogP contribution is -2.30. The van der Waals surface area contributed by atoms with Crippen molar-refractivity contribution in [2.75, 3.05) is 14.2 Å². The van der Waals surface area contributed by atoms with Crippen LogP contribution < -0.4 is 20.9 Å². The van der Waals surface area contributed by atoms with Crippen LogP contribution in [-0.2, 0) is 0 Å². The van der Waals surface area contributed by atoms with Gasteiger partial charge in [0.15, 0.2) is 11.7 Å². The molecular weight excluding hydrogens is 332 g/mol. The summed E-state index contributed by atoms with van der Waals surface area (Å²) >= 11 is 0. The molecular formula is C18H20N6O2. The molecule has 0 spiro atoms. The van der Waals surface area contributed by atoms with Gasteiger partial charge in [-0.3, -0.25) is 0 Å². The van der Waals surface area contributed by atoms with Crippen LogP contribution in [0.2, 0.25) is 0 Å². The van der Waals surface area contributed by atoms with E-state index >= 15 is 0 Å². The van der Waals surface area contributed by atoms with Gasteiger partial charge in [0.05, 0.1) is 26.6 Å². The quantitative estimate of drug-likeness (QED) is 0.468. The monoisotopic (exact) mass is 352 g/mol. The summed E-state index contributed by atoms with van der Waals surface area (Å²) in [6, 6.07) is 14.7. The number of nitrogens with zero attached hydrogens (tertiary/aromatic N) is 4. The van der Waals surface area contributed by atoms with Crippen molar-refractivity contribution in [3.8, 4) is 11.5 Å². The van der Waals surface area contributed by atoms with Crippen molar-refractivity contribution in [1.29, 1.82) is 0 Å². The Bertz CT molecular complexity index is 787. The number of ether oxygens (including phenoxy) is 2. The lowest BCUT2D eigenvalue weighted by molar-refractivity contribution is 0.414. The molecule has 0 aliphatic carbocycles. The third kappa shape index (κ3) is 5.17. The largest absolute Gasteiger partial charge is 0.496 e. The zero-order valence-corrected chi connectivity index (χ0v) is 14.5. The third-order valence-corrected chi connectivity index (χ3v) is 3.26. The minimum Gasteiger partial charge on any atom is -0.496 e.